The van der Waals surface area contributed by atoms with Gasteiger partial charge in [0.15, 0.2) is 0 Å². The maximum absolute atomic E-state index is 6.01. The highest BCUT2D eigenvalue weighted by molar-refractivity contribution is 6.43. The fourth-order valence-corrected chi connectivity index (χ4v) is 2.35. The second kappa shape index (κ2) is 7.28. The Balaban J connectivity index is 1.86. The Kier molecular flexibility index (Phi) is 5.67. The van der Waals surface area contributed by atoms with Gasteiger partial charge in [0.1, 0.15) is 12.4 Å². The lowest BCUT2D eigenvalue weighted by Gasteiger charge is -2.11. The number of ether oxygens (including phenoxy) is 1. The van der Waals surface area contributed by atoms with E-state index in [1.54, 1.807) is 12.1 Å². The number of benzene rings is 2. The molecule has 2 aromatic carbocycles. The summed E-state index contributed by atoms with van der Waals surface area (Å²) >= 11 is 23.7. The molecule has 0 bridgehead atoms. The summed E-state index contributed by atoms with van der Waals surface area (Å²) in [6.45, 7) is 1.04. The van der Waals surface area contributed by atoms with Gasteiger partial charge in [0.2, 0.25) is 0 Å². The van der Waals surface area contributed by atoms with Crippen LogP contribution < -0.4 is 10.1 Å². The van der Waals surface area contributed by atoms with Crippen molar-refractivity contribution in [2.24, 2.45) is 0 Å². The quantitative estimate of drug-likeness (QED) is 0.544. The molecule has 2 rings (SSSR count). The van der Waals surface area contributed by atoms with Crippen LogP contribution in [0.25, 0.3) is 0 Å². The molecule has 0 heterocycles. The van der Waals surface area contributed by atoms with Crippen molar-refractivity contribution in [2.45, 2.75) is 0 Å². The number of rotatable bonds is 5. The Morgan fingerprint density at radius 1 is 0.900 bits per heavy atom. The van der Waals surface area contributed by atoms with Crippen molar-refractivity contribution >= 4 is 52.1 Å². The van der Waals surface area contributed by atoms with Crippen LogP contribution in [0.2, 0.25) is 20.1 Å². The molecule has 0 fully saturated rings. The Labute approximate surface area is 137 Å². The number of halogens is 4. The van der Waals surface area contributed by atoms with E-state index in [1.165, 1.54) is 0 Å². The molecule has 0 aromatic heterocycles. The zero-order chi connectivity index (χ0) is 14.5. The summed E-state index contributed by atoms with van der Waals surface area (Å²) in [7, 11) is 0. The zero-order valence-electron chi connectivity index (χ0n) is 10.3. The third-order valence-corrected chi connectivity index (χ3v) is 3.74. The molecular weight excluding hydrogens is 340 g/mol. The van der Waals surface area contributed by atoms with Gasteiger partial charge in [-0.05, 0) is 24.3 Å². The van der Waals surface area contributed by atoms with Crippen LogP contribution in [0.3, 0.4) is 0 Å². The zero-order valence-corrected chi connectivity index (χ0v) is 13.3. The van der Waals surface area contributed by atoms with Gasteiger partial charge in [-0.25, -0.2) is 0 Å². The van der Waals surface area contributed by atoms with Crippen molar-refractivity contribution in [3.63, 3.8) is 0 Å². The van der Waals surface area contributed by atoms with E-state index in [1.807, 2.05) is 24.3 Å². The molecule has 106 valence electrons. The molecule has 2 aromatic rings. The van der Waals surface area contributed by atoms with E-state index in [0.717, 1.165) is 5.69 Å². The SMILES string of the molecule is Clc1cccc(NCCOc2cc(Cl)c(Cl)cc2Cl)c1. The first-order valence-electron chi connectivity index (χ1n) is 5.83. The monoisotopic (exact) mass is 349 g/mol. The molecule has 2 nitrogen and oxygen atoms in total. The lowest BCUT2D eigenvalue weighted by Crippen LogP contribution is -2.11. The van der Waals surface area contributed by atoms with Gasteiger partial charge in [-0.2, -0.15) is 0 Å². The maximum atomic E-state index is 6.01. The standard InChI is InChI=1S/C14H11Cl4NO/c15-9-2-1-3-10(6-9)19-4-5-20-14-8-12(17)11(16)7-13(14)18/h1-3,6-8,19H,4-5H2. The van der Waals surface area contributed by atoms with Crippen molar-refractivity contribution in [3.8, 4) is 5.75 Å². The van der Waals surface area contributed by atoms with Crippen molar-refractivity contribution in [3.05, 3.63) is 56.5 Å². The predicted molar refractivity (Wildman–Crippen MR) is 86.9 cm³/mol. The average Bonchev–Trinajstić information content (AvgIpc) is 2.40. The second-order valence-corrected chi connectivity index (χ2v) is 5.64. The maximum Gasteiger partial charge on any atom is 0.139 e. The Morgan fingerprint density at radius 2 is 1.65 bits per heavy atom. The molecule has 0 radical (unpaired) electrons. The van der Waals surface area contributed by atoms with E-state index in [2.05, 4.69) is 5.32 Å². The average molecular weight is 351 g/mol. The Bertz CT molecular complexity index is 604. The van der Waals surface area contributed by atoms with Gasteiger partial charge < -0.3 is 10.1 Å². The van der Waals surface area contributed by atoms with E-state index in [-0.39, 0.29) is 0 Å². The lowest BCUT2D eigenvalue weighted by molar-refractivity contribution is 0.333. The van der Waals surface area contributed by atoms with Gasteiger partial charge in [-0.15, -0.1) is 0 Å². The van der Waals surface area contributed by atoms with Crippen LogP contribution >= 0.6 is 46.4 Å². The van der Waals surface area contributed by atoms with E-state index in [0.29, 0.717) is 39.0 Å². The van der Waals surface area contributed by atoms with Gasteiger partial charge >= 0.3 is 0 Å². The molecule has 0 amide bonds. The topological polar surface area (TPSA) is 21.3 Å². The van der Waals surface area contributed by atoms with E-state index < -0.39 is 0 Å². The van der Waals surface area contributed by atoms with Gasteiger partial charge in [-0.1, -0.05) is 52.5 Å². The minimum absolute atomic E-state index is 0.404. The first-order valence-corrected chi connectivity index (χ1v) is 7.34. The van der Waals surface area contributed by atoms with Crippen LogP contribution in [0.15, 0.2) is 36.4 Å². The summed E-state index contributed by atoms with van der Waals surface area (Å²) in [5.41, 5.74) is 0.932. The smallest absolute Gasteiger partial charge is 0.139 e. The molecule has 0 aliphatic rings. The minimum atomic E-state index is 0.404. The molecule has 6 heteroatoms. The van der Waals surface area contributed by atoms with Crippen LogP contribution in [-0.2, 0) is 0 Å². The van der Waals surface area contributed by atoms with Crippen molar-refractivity contribution in [2.75, 3.05) is 18.5 Å². The van der Waals surface area contributed by atoms with Crippen LogP contribution in [0.1, 0.15) is 0 Å². The highest BCUT2D eigenvalue weighted by Gasteiger charge is 2.06. The number of hydrogen-bond acceptors (Lipinski definition) is 2. The summed E-state index contributed by atoms with van der Waals surface area (Å²) in [6, 6.07) is 10.6. The highest BCUT2D eigenvalue weighted by atomic mass is 35.5. The van der Waals surface area contributed by atoms with Crippen molar-refractivity contribution in [1.82, 2.24) is 0 Å². The molecular formula is C14H11Cl4NO. The van der Waals surface area contributed by atoms with Gasteiger partial charge in [0, 0.05) is 23.3 Å². The number of nitrogens with one attached hydrogen (secondary N) is 1. The van der Waals surface area contributed by atoms with Crippen molar-refractivity contribution < 1.29 is 4.74 Å². The molecule has 0 atom stereocenters. The third-order valence-electron chi connectivity index (χ3n) is 2.49. The van der Waals surface area contributed by atoms with E-state index >= 15 is 0 Å². The summed E-state index contributed by atoms with van der Waals surface area (Å²) < 4.78 is 5.55. The second-order valence-electron chi connectivity index (χ2n) is 3.98. The Hall–Kier alpha value is -0.800. The first-order chi connectivity index (χ1) is 9.56. The largest absolute Gasteiger partial charge is 0.490 e. The summed E-state index contributed by atoms with van der Waals surface area (Å²) in [5, 5.41) is 5.12. The fraction of sp³-hybridized carbons (Fsp3) is 0.143. The fourth-order valence-electron chi connectivity index (χ4n) is 1.57. The lowest BCUT2D eigenvalue weighted by atomic mass is 10.3. The number of anilines is 1. The minimum Gasteiger partial charge on any atom is -0.490 e. The van der Waals surface area contributed by atoms with Crippen molar-refractivity contribution in [1.29, 1.82) is 0 Å². The summed E-state index contributed by atoms with van der Waals surface area (Å²) in [6.07, 6.45) is 0. The summed E-state index contributed by atoms with van der Waals surface area (Å²) in [4.78, 5) is 0. The van der Waals surface area contributed by atoms with Crippen LogP contribution in [0, 0.1) is 0 Å². The van der Waals surface area contributed by atoms with E-state index in [9.17, 15) is 0 Å². The molecule has 20 heavy (non-hydrogen) atoms. The molecule has 0 aliphatic heterocycles. The first kappa shape index (κ1) is 15.6. The highest BCUT2D eigenvalue weighted by Crippen LogP contribution is 2.33. The van der Waals surface area contributed by atoms with Crippen LogP contribution in [-0.4, -0.2) is 13.2 Å². The molecule has 0 saturated carbocycles. The van der Waals surface area contributed by atoms with Gasteiger partial charge in [0.05, 0.1) is 15.1 Å². The normalized spacial score (nSPS) is 10.4. The third kappa shape index (κ3) is 4.35. The van der Waals surface area contributed by atoms with Gasteiger partial charge in [-0.3, -0.25) is 0 Å². The molecule has 0 aliphatic carbocycles. The molecule has 0 unspecified atom stereocenters. The molecule has 0 saturated heterocycles. The van der Waals surface area contributed by atoms with E-state index in [4.69, 9.17) is 51.1 Å². The Morgan fingerprint density at radius 3 is 2.40 bits per heavy atom. The van der Waals surface area contributed by atoms with Gasteiger partial charge in [0.25, 0.3) is 0 Å². The van der Waals surface area contributed by atoms with Crippen LogP contribution in [0.4, 0.5) is 5.69 Å². The van der Waals surface area contributed by atoms with Crippen LogP contribution in [0.5, 0.6) is 5.75 Å². The molecule has 1 N–H and O–H groups in total. The number of hydrogen-bond donors (Lipinski definition) is 1. The molecule has 0 spiro atoms. The predicted octanol–water partition coefficient (Wildman–Crippen LogP) is 5.79. The summed E-state index contributed by atoms with van der Waals surface area (Å²) in [5.74, 6) is 0.508.